The Labute approximate surface area is 149 Å². The molecule has 136 valence electrons. The number of hydrogen-bond donors (Lipinski definition) is 2. The number of rotatable bonds is 4. The maximum atomic E-state index is 12.8. The molecule has 0 aliphatic carbocycles. The first kappa shape index (κ1) is 18.8. The van der Waals surface area contributed by atoms with E-state index in [4.69, 9.17) is 16.2 Å². The van der Waals surface area contributed by atoms with Crippen molar-refractivity contribution < 1.29 is 14.3 Å². The van der Waals surface area contributed by atoms with Gasteiger partial charge in [-0.25, -0.2) is 9.48 Å². The van der Waals surface area contributed by atoms with E-state index in [1.54, 1.807) is 17.9 Å². The number of nitrogens with two attached hydrogens (primary N) is 2. The number of nitrogens with zero attached hydrogens (tertiary/aromatic N) is 4. The number of nitrogen functional groups attached to an aromatic ring is 2. The quantitative estimate of drug-likeness (QED) is 0.616. The molecule has 0 atom stereocenters. The van der Waals surface area contributed by atoms with Crippen LogP contribution in [0.4, 0.5) is 11.6 Å². The fourth-order valence-corrected chi connectivity index (χ4v) is 2.83. The molecule has 0 bridgehead atoms. The number of anilines is 2. The number of esters is 1. The van der Waals surface area contributed by atoms with Gasteiger partial charge in [-0.2, -0.15) is 14.9 Å². The van der Waals surface area contributed by atoms with Crippen molar-refractivity contribution in [1.82, 2.24) is 19.6 Å². The van der Waals surface area contributed by atoms with Gasteiger partial charge in [-0.05, 0) is 34.0 Å². The molecule has 2 rings (SSSR count). The highest BCUT2D eigenvalue weighted by Gasteiger charge is 2.29. The van der Waals surface area contributed by atoms with Crippen LogP contribution in [0, 0.1) is 0 Å². The molecule has 0 spiro atoms. The van der Waals surface area contributed by atoms with E-state index in [-0.39, 0.29) is 29.4 Å². The smallest absolute Gasteiger partial charge is 0.344 e. The summed E-state index contributed by atoms with van der Waals surface area (Å²) in [5, 5.41) is 8.61. The van der Waals surface area contributed by atoms with Crippen LogP contribution < -0.4 is 11.5 Å². The predicted molar refractivity (Wildman–Crippen MR) is 95.7 cm³/mol. The zero-order chi connectivity index (χ0) is 18.9. The second kappa shape index (κ2) is 6.79. The topological polar surface area (TPSA) is 131 Å². The third-order valence-corrected chi connectivity index (χ3v) is 4.10. The molecule has 0 saturated carbocycles. The fourth-order valence-electron chi connectivity index (χ4n) is 2.27. The Morgan fingerprint density at radius 3 is 2.40 bits per heavy atom. The third-order valence-electron chi connectivity index (χ3n) is 3.43. The highest BCUT2D eigenvalue weighted by atomic mass is 32.2. The van der Waals surface area contributed by atoms with Crippen LogP contribution in [0.5, 0.6) is 0 Å². The normalized spacial score (nSPS) is 11.6. The van der Waals surface area contributed by atoms with Gasteiger partial charge in [0.2, 0.25) is 0 Å². The predicted octanol–water partition coefficient (Wildman–Crippen LogP) is 1.59. The Hall–Kier alpha value is -2.49. The van der Waals surface area contributed by atoms with E-state index in [1.165, 1.54) is 18.0 Å². The fraction of sp³-hybridized carbons (Fsp3) is 0.467. The molecule has 2 aromatic rings. The number of carbonyl (C=O) groups is 2. The van der Waals surface area contributed by atoms with Crippen molar-refractivity contribution in [2.45, 2.75) is 38.3 Å². The van der Waals surface area contributed by atoms with Gasteiger partial charge in [0, 0.05) is 0 Å². The van der Waals surface area contributed by atoms with Crippen molar-refractivity contribution in [2.24, 2.45) is 0 Å². The molecule has 2 aromatic heterocycles. The summed E-state index contributed by atoms with van der Waals surface area (Å²) in [7, 11) is 0. The Kier molecular flexibility index (Phi) is 5.12. The first-order valence-corrected chi connectivity index (χ1v) is 8.84. The molecule has 25 heavy (non-hydrogen) atoms. The van der Waals surface area contributed by atoms with Gasteiger partial charge < -0.3 is 16.2 Å². The highest BCUT2D eigenvalue weighted by molar-refractivity contribution is 7.98. The summed E-state index contributed by atoms with van der Waals surface area (Å²) >= 11 is 1.19. The molecule has 0 amide bonds. The van der Waals surface area contributed by atoms with Gasteiger partial charge in [-0.3, -0.25) is 4.79 Å². The Bertz CT molecular complexity index is 818. The van der Waals surface area contributed by atoms with Crippen LogP contribution in [0.2, 0.25) is 0 Å². The summed E-state index contributed by atoms with van der Waals surface area (Å²) in [4.78, 5) is 24.9. The molecule has 0 radical (unpaired) electrons. The summed E-state index contributed by atoms with van der Waals surface area (Å²) in [5.74, 6) is -1.07. The summed E-state index contributed by atoms with van der Waals surface area (Å²) in [5.41, 5.74) is 11.9. The van der Waals surface area contributed by atoms with Gasteiger partial charge >= 0.3 is 5.97 Å². The van der Waals surface area contributed by atoms with Crippen LogP contribution in [-0.4, -0.2) is 44.3 Å². The van der Waals surface area contributed by atoms with Gasteiger partial charge in [0.25, 0.3) is 5.91 Å². The van der Waals surface area contributed by atoms with E-state index in [0.717, 1.165) is 4.68 Å². The second-order valence-corrected chi connectivity index (χ2v) is 7.03. The molecule has 4 N–H and O–H groups in total. The molecule has 0 aliphatic rings. The van der Waals surface area contributed by atoms with Gasteiger partial charge in [-0.15, -0.1) is 11.8 Å². The number of carbonyl (C=O) groups excluding carboxylic acids is 2. The lowest BCUT2D eigenvalue weighted by Gasteiger charge is -2.20. The van der Waals surface area contributed by atoms with Crippen molar-refractivity contribution in [1.29, 1.82) is 0 Å². The molecule has 2 heterocycles. The number of aromatic nitrogens is 4. The van der Waals surface area contributed by atoms with Crippen molar-refractivity contribution in [3.8, 4) is 0 Å². The Morgan fingerprint density at radius 1 is 1.28 bits per heavy atom. The summed E-state index contributed by atoms with van der Waals surface area (Å²) < 4.78 is 7.48. The van der Waals surface area contributed by atoms with Crippen molar-refractivity contribution in [3.05, 3.63) is 17.3 Å². The Morgan fingerprint density at radius 2 is 1.92 bits per heavy atom. The monoisotopic (exact) mass is 366 g/mol. The number of ether oxygens (including phenoxy) is 1. The van der Waals surface area contributed by atoms with Gasteiger partial charge in [0.15, 0.2) is 0 Å². The zero-order valence-electron chi connectivity index (χ0n) is 14.9. The van der Waals surface area contributed by atoms with Crippen LogP contribution in [0.15, 0.2) is 11.2 Å². The molecular weight excluding hydrogens is 344 g/mol. The SMILES string of the molecule is CCOC(=O)c1c(SC)nn(C(=O)c2cnn(C(C)(C)C)c2N)c1N. The van der Waals surface area contributed by atoms with E-state index in [1.807, 2.05) is 20.8 Å². The number of thioether (sulfide) groups is 1. The summed E-state index contributed by atoms with van der Waals surface area (Å²) in [6, 6.07) is 0. The van der Waals surface area contributed by atoms with Gasteiger partial charge in [-0.1, -0.05) is 0 Å². The Balaban J connectivity index is 2.51. The van der Waals surface area contributed by atoms with Crippen molar-refractivity contribution >= 4 is 35.3 Å². The minimum atomic E-state index is -0.623. The lowest BCUT2D eigenvalue weighted by molar-refractivity contribution is 0.0523. The minimum Gasteiger partial charge on any atom is -0.462 e. The lowest BCUT2D eigenvalue weighted by atomic mass is 10.1. The molecule has 0 aromatic carbocycles. The molecule has 0 aliphatic heterocycles. The van der Waals surface area contributed by atoms with Crippen LogP contribution >= 0.6 is 11.8 Å². The van der Waals surface area contributed by atoms with E-state index < -0.39 is 17.4 Å². The van der Waals surface area contributed by atoms with Crippen molar-refractivity contribution in [3.63, 3.8) is 0 Å². The molecular formula is C15H22N6O3S. The van der Waals surface area contributed by atoms with Crippen LogP contribution in [0.25, 0.3) is 0 Å². The molecule has 10 heteroatoms. The molecule has 0 unspecified atom stereocenters. The van der Waals surface area contributed by atoms with E-state index >= 15 is 0 Å². The number of hydrogen-bond acceptors (Lipinski definition) is 8. The summed E-state index contributed by atoms with van der Waals surface area (Å²) in [6.07, 6.45) is 3.10. The molecule has 9 nitrogen and oxygen atoms in total. The van der Waals surface area contributed by atoms with Gasteiger partial charge in [0.1, 0.15) is 27.8 Å². The first-order valence-electron chi connectivity index (χ1n) is 7.61. The van der Waals surface area contributed by atoms with Crippen LogP contribution in [0.3, 0.4) is 0 Å². The summed E-state index contributed by atoms with van der Waals surface area (Å²) in [6.45, 7) is 7.62. The van der Waals surface area contributed by atoms with E-state index in [2.05, 4.69) is 10.2 Å². The standard InChI is InChI=1S/C15H22N6O3S/c1-6-24-14(23)9-11(17)20(19-12(9)25-5)13(22)8-7-18-21(10(8)16)15(2,3)4/h7H,6,16-17H2,1-5H3. The van der Waals surface area contributed by atoms with Crippen LogP contribution in [0.1, 0.15) is 48.4 Å². The second-order valence-electron chi connectivity index (χ2n) is 6.23. The van der Waals surface area contributed by atoms with E-state index in [9.17, 15) is 9.59 Å². The lowest BCUT2D eigenvalue weighted by Crippen LogP contribution is -2.25. The molecule has 0 saturated heterocycles. The maximum Gasteiger partial charge on any atom is 0.344 e. The highest BCUT2D eigenvalue weighted by Crippen LogP contribution is 2.28. The maximum absolute atomic E-state index is 12.8. The van der Waals surface area contributed by atoms with Crippen LogP contribution in [-0.2, 0) is 10.3 Å². The third kappa shape index (κ3) is 3.34. The molecule has 0 fully saturated rings. The average molecular weight is 366 g/mol. The van der Waals surface area contributed by atoms with Crippen molar-refractivity contribution in [2.75, 3.05) is 24.3 Å². The van der Waals surface area contributed by atoms with Gasteiger partial charge in [0.05, 0.1) is 18.3 Å². The zero-order valence-corrected chi connectivity index (χ0v) is 15.7. The first-order chi connectivity index (χ1) is 11.6. The average Bonchev–Trinajstić information content (AvgIpc) is 3.06. The minimum absolute atomic E-state index is 0.0736. The van der Waals surface area contributed by atoms with E-state index in [0.29, 0.717) is 5.03 Å². The largest absolute Gasteiger partial charge is 0.462 e.